The molecule has 1 aliphatic carbocycles. The first-order valence-corrected chi connectivity index (χ1v) is 7.24. The van der Waals surface area contributed by atoms with Gasteiger partial charge >= 0.3 is 0 Å². The Bertz CT molecular complexity index is 405. The van der Waals surface area contributed by atoms with Gasteiger partial charge in [0.2, 0.25) is 0 Å². The number of ether oxygens (including phenoxy) is 2. The Morgan fingerprint density at radius 2 is 1.85 bits per heavy atom. The van der Waals surface area contributed by atoms with Gasteiger partial charge in [-0.3, -0.25) is 0 Å². The zero-order chi connectivity index (χ0) is 14.6. The second-order valence-corrected chi connectivity index (χ2v) is 6.26. The molecule has 0 atom stereocenters. The third-order valence-corrected chi connectivity index (χ3v) is 3.20. The summed E-state index contributed by atoms with van der Waals surface area (Å²) in [5.41, 5.74) is 1.04. The average Bonchev–Trinajstić information content (AvgIpc) is 2.34. The van der Waals surface area contributed by atoms with Crippen LogP contribution in [-0.2, 0) is 4.74 Å². The molecule has 0 saturated heterocycles. The Kier molecular flexibility index (Phi) is 4.89. The molecule has 112 valence electrons. The van der Waals surface area contributed by atoms with Gasteiger partial charge in [-0.2, -0.15) is 0 Å². The van der Waals surface area contributed by atoms with Gasteiger partial charge in [0.15, 0.2) is 0 Å². The molecule has 1 fully saturated rings. The fourth-order valence-corrected chi connectivity index (χ4v) is 2.33. The lowest BCUT2D eigenvalue weighted by molar-refractivity contribution is -0.0953. The Morgan fingerprint density at radius 3 is 2.40 bits per heavy atom. The number of anilines is 1. The van der Waals surface area contributed by atoms with Crippen LogP contribution >= 0.6 is 0 Å². The van der Waals surface area contributed by atoms with Gasteiger partial charge in [-0.1, -0.05) is 0 Å². The average molecular weight is 279 g/mol. The minimum Gasteiger partial charge on any atom is -0.491 e. The summed E-state index contributed by atoms with van der Waals surface area (Å²) in [4.78, 5) is 0. The summed E-state index contributed by atoms with van der Waals surface area (Å²) in [5.74, 6) is 0.784. The predicted molar refractivity (Wildman–Crippen MR) is 80.3 cm³/mol. The molecule has 0 aliphatic heterocycles. The van der Waals surface area contributed by atoms with Crippen LogP contribution in [0.3, 0.4) is 0 Å². The van der Waals surface area contributed by atoms with Gasteiger partial charge in [0.05, 0.1) is 18.3 Å². The number of rotatable bonds is 6. The Hall–Kier alpha value is -1.26. The number of aliphatic hydroxyl groups excluding tert-OH is 1. The maximum Gasteiger partial charge on any atom is 0.119 e. The van der Waals surface area contributed by atoms with E-state index < -0.39 is 0 Å². The molecular weight excluding hydrogens is 254 g/mol. The van der Waals surface area contributed by atoms with Crippen molar-refractivity contribution in [1.29, 1.82) is 0 Å². The Labute approximate surface area is 121 Å². The zero-order valence-corrected chi connectivity index (χ0v) is 12.6. The lowest BCUT2D eigenvalue weighted by atomic mass is 9.88. The molecule has 20 heavy (non-hydrogen) atoms. The summed E-state index contributed by atoms with van der Waals surface area (Å²) in [5, 5.41) is 12.2. The first-order valence-electron chi connectivity index (χ1n) is 7.24. The minimum atomic E-state index is -0.0542. The van der Waals surface area contributed by atoms with Crippen LogP contribution in [-0.4, -0.2) is 36.1 Å². The lowest BCUT2D eigenvalue weighted by Gasteiger charge is -2.40. The van der Waals surface area contributed by atoms with E-state index in [9.17, 15) is 0 Å². The third-order valence-electron chi connectivity index (χ3n) is 3.20. The minimum absolute atomic E-state index is 0.0389. The summed E-state index contributed by atoms with van der Waals surface area (Å²) >= 11 is 0. The van der Waals surface area contributed by atoms with E-state index in [1.165, 1.54) is 0 Å². The normalized spacial score (nSPS) is 22.2. The molecule has 0 aromatic heterocycles. The summed E-state index contributed by atoms with van der Waals surface area (Å²) < 4.78 is 11.3. The summed E-state index contributed by atoms with van der Waals surface area (Å²) in [6, 6.07) is 8.33. The SMILES string of the molecule is CC(C)(C)OC1CC(Nc2ccc(OCCO)cc2)C1. The molecule has 2 N–H and O–H groups in total. The molecule has 4 heteroatoms. The molecule has 0 heterocycles. The van der Waals surface area contributed by atoms with Gasteiger partial charge in [-0.25, -0.2) is 0 Å². The molecular formula is C16H25NO3. The number of nitrogens with one attached hydrogen (secondary N) is 1. The largest absolute Gasteiger partial charge is 0.491 e. The molecule has 1 aliphatic rings. The van der Waals surface area contributed by atoms with Gasteiger partial charge in [-0.15, -0.1) is 0 Å². The summed E-state index contributed by atoms with van der Waals surface area (Å²) in [6.45, 7) is 6.66. The second-order valence-electron chi connectivity index (χ2n) is 6.26. The fraction of sp³-hybridized carbons (Fsp3) is 0.625. The highest BCUT2D eigenvalue weighted by molar-refractivity contribution is 5.47. The molecule has 1 saturated carbocycles. The predicted octanol–water partition coefficient (Wildman–Crippen LogP) is 2.82. The van der Waals surface area contributed by atoms with Crippen LogP contribution in [0.25, 0.3) is 0 Å². The van der Waals surface area contributed by atoms with Crippen LogP contribution in [0.2, 0.25) is 0 Å². The van der Waals surface area contributed by atoms with Crippen molar-refractivity contribution in [3.05, 3.63) is 24.3 Å². The zero-order valence-electron chi connectivity index (χ0n) is 12.6. The van der Waals surface area contributed by atoms with Crippen molar-refractivity contribution in [3.8, 4) is 5.75 Å². The molecule has 0 amide bonds. The highest BCUT2D eigenvalue weighted by Gasteiger charge is 2.32. The molecule has 0 spiro atoms. The van der Waals surface area contributed by atoms with Crippen LogP contribution in [0.5, 0.6) is 5.75 Å². The van der Waals surface area contributed by atoms with Crippen molar-refractivity contribution in [2.24, 2.45) is 0 Å². The third kappa shape index (κ3) is 4.69. The van der Waals surface area contributed by atoms with E-state index in [0.717, 1.165) is 24.3 Å². The van der Waals surface area contributed by atoms with Crippen LogP contribution in [0.15, 0.2) is 24.3 Å². The van der Waals surface area contributed by atoms with Crippen LogP contribution in [0, 0.1) is 0 Å². The monoisotopic (exact) mass is 279 g/mol. The molecule has 0 radical (unpaired) electrons. The standard InChI is InChI=1S/C16H25NO3/c1-16(2,3)20-15-10-13(11-15)17-12-4-6-14(7-5-12)19-9-8-18/h4-7,13,15,17-18H,8-11H2,1-3H3. The van der Waals surface area contributed by atoms with Gasteiger partial charge in [-0.05, 0) is 57.9 Å². The maximum atomic E-state index is 8.70. The van der Waals surface area contributed by atoms with E-state index in [2.05, 4.69) is 26.1 Å². The van der Waals surface area contributed by atoms with Crippen molar-refractivity contribution in [1.82, 2.24) is 0 Å². The first-order chi connectivity index (χ1) is 9.46. The fourth-order valence-electron chi connectivity index (χ4n) is 2.33. The number of hydrogen-bond acceptors (Lipinski definition) is 4. The molecule has 2 rings (SSSR count). The van der Waals surface area contributed by atoms with Crippen LogP contribution < -0.4 is 10.1 Å². The van der Waals surface area contributed by atoms with Gasteiger partial charge in [0, 0.05) is 11.7 Å². The molecule has 1 aromatic carbocycles. The van der Waals surface area contributed by atoms with Gasteiger partial charge in [0.25, 0.3) is 0 Å². The van der Waals surface area contributed by atoms with E-state index >= 15 is 0 Å². The van der Waals surface area contributed by atoms with E-state index in [-0.39, 0.29) is 12.2 Å². The first kappa shape index (κ1) is 15.1. The quantitative estimate of drug-likeness (QED) is 0.840. The highest BCUT2D eigenvalue weighted by atomic mass is 16.5. The number of benzene rings is 1. The molecule has 0 unspecified atom stereocenters. The van der Waals surface area contributed by atoms with Crippen LogP contribution in [0.4, 0.5) is 5.69 Å². The van der Waals surface area contributed by atoms with Crippen molar-refractivity contribution < 1.29 is 14.6 Å². The maximum absolute atomic E-state index is 8.70. The summed E-state index contributed by atoms with van der Waals surface area (Å²) in [6.07, 6.45) is 2.49. The van der Waals surface area contributed by atoms with Crippen molar-refractivity contribution in [2.45, 2.75) is 51.4 Å². The van der Waals surface area contributed by atoms with Crippen molar-refractivity contribution in [3.63, 3.8) is 0 Å². The van der Waals surface area contributed by atoms with E-state index in [1.54, 1.807) is 0 Å². The van der Waals surface area contributed by atoms with E-state index in [1.807, 2.05) is 24.3 Å². The van der Waals surface area contributed by atoms with E-state index in [4.69, 9.17) is 14.6 Å². The topological polar surface area (TPSA) is 50.7 Å². The van der Waals surface area contributed by atoms with E-state index in [0.29, 0.717) is 18.8 Å². The smallest absolute Gasteiger partial charge is 0.119 e. The lowest BCUT2D eigenvalue weighted by Crippen LogP contribution is -2.44. The molecule has 4 nitrogen and oxygen atoms in total. The molecule has 1 aromatic rings. The van der Waals surface area contributed by atoms with Crippen molar-refractivity contribution >= 4 is 5.69 Å². The van der Waals surface area contributed by atoms with Crippen LogP contribution in [0.1, 0.15) is 33.6 Å². The summed E-state index contributed by atoms with van der Waals surface area (Å²) in [7, 11) is 0. The Balaban J connectivity index is 1.73. The second kappa shape index (κ2) is 6.46. The highest BCUT2D eigenvalue weighted by Crippen LogP contribution is 2.30. The number of aliphatic hydroxyl groups is 1. The van der Waals surface area contributed by atoms with Gasteiger partial charge in [0.1, 0.15) is 12.4 Å². The molecule has 0 bridgehead atoms. The van der Waals surface area contributed by atoms with Gasteiger partial charge < -0.3 is 19.9 Å². The van der Waals surface area contributed by atoms with Crippen molar-refractivity contribution in [2.75, 3.05) is 18.5 Å². The number of hydrogen-bond donors (Lipinski definition) is 2. The Morgan fingerprint density at radius 1 is 1.20 bits per heavy atom.